The van der Waals surface area contributed by atoms with Gasteiger partial charge in [-0.15, -0.1) is 0 Å². The van der Waals surface area contributed by atoms with Crippen LogP contribution in [0.5, 0.6) is 0 Å². The lowest BCUT2D eigenvalue weighted by atomic mass is 9.96. The van der Waals surface area contributed by atoms with Crippen LogP contribution in [0.15, 0.2) is 12.4 Å². The molecule has 1 fully saturated rings. The fourth-order valence-corrected chi connectivity index (χ4v) is 2.68. The Morgan fingerprint density at radius 3 is 2.77 bits per heavy atom. The molecule has 0 unspecified atom stereocenters. The summed E-state index contributed by atoms with van der Waals surface area (Å²) in [6.07, 6.45) is 5.11. The zero-order chi connectivity index (χ0) is 15.5. The number of hydrogen-bond acceptors (Lipinski definition) is 6. The Bertz CT molecular complexity index is 640. The van der Waals surface area contributed by atoms with Crippen LogP contribution < -0.4 is 10.2 Å². The average molecular weight is 304 g/mol. The van der Waals surface area contributed by atoms with Crippen molar-refractivity contribution in [2.75, 3.05) is 23.3 Å². The highest BCUT2D eigenvalue weighted by Crippen LogP contribution is 2.22. The van der Waals surface area contributed by atoms with Crippen LogP contribution in [0.25, 0.3) is 0 Å². The lowest BCUT2D eigenvalue weighted by molar-refractivity contribution is -0.120. The van der Waals surface area contributed by atoms with Crippen LogP contribution in [-0.4, -0.2) is 49.0 Å². The molecule has 1 aliphatic heterocycles. The highest BCUT2D eigenvalue weighted by Gasteiger charge is 2.27. The highest BCUT2D eigenvalue weighted by atomic mass is 16.1. The van der Waals surface area contributed by atoms with Crippen molar-refractivity contribution in [3.63, 3.8) is 0 Å². The molecule has 2 aromatic heterocycles. The fourth-order valence-electron chi connectivity index (χ4n) is 2.68. The van der Waals surface area contributed by atoms with E-state index in [0.29, 0.717) is 0 Å². The Labute approximate surface area is 128 Å². The summed E-state index contributed by atoms with van der Waals surface area (Å²) in [5.74, 6) is 0.830. The Balaban J connectivity index is 1.54. The Hall–Kier alpha value is -2.45. The van der Waals surface area contributed by atoms with Gasteiger partial charge in [-0.1, -0.05) is 5.10 Å². The van der Waals surface area contributed by atoms with Gasteiger partial charge in [0.05, 0.1) is 11.9 Å². The second kappa shape index (κ2) is 6.12. The predicted molar refractivity (Wildman–Crippen MR) is 80.3 cm³/mol. The van der Waals surface area contributed by atoms with E-state index in [-0.39, 0.29) is 11.8 Å². The van der Waals surface area contributed by atoms with E-state index in [9.17, 15) is 4.79 Å². The number of carbonyl (C=O) groups is 1. The highest BCUT2D eigenvalue weighted by molar-refractivity contribution is 5.92. The summed E-state index contributed by atoms with van der Waals surface area (Å²) < 4.78 is 3.44. The lowest BCUT2D eigenvalue weighted by Crippen LogP contribution is -2.39. The number of rotatable bonds is 4. The van der Waals surface area contributed by atoms with Crippen LogP contribution in [0, 0.1) is 5.92 Å². The standard InChI is InChI=1S/C13H20N8O/c1-3-21-9-11(8-14-21)15-12(22)10-4-6-20(7-5-10)13-16-17-18-19(13)2/h8-10H,3-7H2,1-2H3,(H,15,22). The molecule has 0 aromatic carbocycles. The fraction of sp³-hybridized carbons (Fsp3) is 0.615. The zero-order valence-corrected chi connectivity index (χ0v) is 12.8. The number of tetrazole rings is 1. The van der Waals surface area contributed by atoms with Gasteiger partial charge < -0.3 is 10.2 Å². The van der Waals surface area contributed by atoms with Crippen LogP contribution in [-0.2, 0) is 18.4 Å². The minimum atomic E-state index is 0.0161. The number of amides is 1. The van der Waals surface area contributed by atoms with E-state index in [0.717, 1.165) is 44.1 Å². The van der Waals surface area contributed by atoms with Gasteiger partial charge in [0.1, 0.15) is 0 Å². The Morgan fingerprint density at radius 1 is 1.41 bits per heavy atom. The first-order valence-electron chi connectivity index (χ1n) is 7.48. The largest absolute Gasteiger partial charge is 0.340 e. The van der Waals surface area contributed by atoms with Gasteiger partial charge in [-0.2, -0.15) is 5.10 Å². The van der Waals surface area contributed by atoms with Gasteiger partial charge in [0.2, 0.25) is 11.9 Å². The number of carbonyl (C=O) groups excluding carboxylic acids is 1. The molecule has 3 heterocycles. The number of aryl methyl sites for hydroxylation is 2. The first-order valence-corrected chi connectivity index (χ1v) is 7.48. The van der Waals surface area contributed by atoms with E-state index < -0.39 is 0 Å². The van der Waals surface area contributed by atoms with Crippen LogP contribution in [0.4, 0.5) is 11.6 Å². The van der Waals surface area contributed by atoms with Crippen LogP contribution >= 0.6 is 0 Å². The first-order chi connectivity index (χ1) is 10.7. The molecule has 2 aromatic rings. The van der Waals surface area contributed by atoms with Crippen LogP contribution in [0.2, 0.25) is 0 Å². The van der Waals surface area contributed by atoms with Crippen LogP contribution in [0.1, 0.15) is 19.8 Å². The summed E-state index contributed by atoms with van der Waals surface area (Å²) in [7, 11) is 1.82. The van der Waals surface area contributed by atoms with Crippen molar-refractivity contribution in [3.05, 3.63) is 12.4 Å². The zero-order valence-electron chi connectivity index (χ0n) is 12.8. The summed E-state index contributed by atoms with van der Waals surface area (Å²) in [5.41, 5.74) is 0.756. The first kappa shape index (κ1) is 14.5. The molecular weight excluding hydrogens is 284 g/mol. The Morgan fingerprint density at radius 2 is 2.18 bits per heavy atom. The molecule has 1 aliphatic rings. The number of piperidine rings is 1. The van der Waals surface area contributed by atoms with E-state index in [1.54, 1.807) is 15.6 Å². The third-order valence-electron chi connectivity index (χ3n) is 3.97. The normalized spacial score (nSPS) is 16.0. The van der Waals surface area contributed by atoms with Crippen molar-refractivity contribution in [1.29, 1.82) is 0 Å². The average Bonchev–Trinajstić information content (AvgIpc) is 3.16. The molecule has 0 radical (unpaired) electrons. The smallest absolute Gasteiger partial charge is 0.245 e. The molecule has 1 amide bonds. The topological polar surface area (TPSA) is 93.8 Å². The predicted octanol–water partition coefficient (Wildman–Crippen LogP) is 0.282. The van der Waals surface area contributed by atoms with E-state index in [1.807, 2.05) is 20.2 Å². The third kappa shape index (κ3) is 2.92. The van der Waals surface area contributed by atoms with Gasteiger partial charge in [-0.3, -0.25) is 9.48 Å². The van der Waals surface area contributed by atoms with E-state index >= 15 is 0 Å². The van der Waals surface area contributed by atoms with E-state index in [1.165, 1.54) is 0 Å². The van der Waals surface area contributed by atoms with E-state index in [2.05, 4.69) is 30.8 Å². The minimum absolute atomic E-state index is 0.0161. The second-order valence-electron chi connectivity index (χ2n) is 5.44. The second-order valence-corrected chi connectivity index (χ2v) is 5.44. The van der Waals surface area contributed by atoms with Gasteiger partial charge in [0.15, 0.2) is 0 Å². The molecule has 1 N–H and O–H groups in total. The SMILES string of the molecule is CCn1cc(NC(=O)C2CCN(c3nnnn3C)CC2)cn1. The maximum absolute atomic E-state index is 12.3. The van der Waals surface area contributed by atoms with Crippen molar-refractivity contribution in [2.24, 2.45) is 13.0 Å². The molecule has 0 atom stereocenters. The van der Waals surface area contributed by atoms with Gasteiger partial charge in [-0.25, -0.2) is 4.68 Å². The summed E-state index contributed by atoms with van der Waals surface area (Å²) in [6, 6.07) is 0. The Kier molecular flexibility index (Phi) is 4.03. The minimum Gasteiger partial charge on any atom is -0.340 e. The van der Waals surface area contributed by atoms with Crippen molar-refractivity contribution < 1.29 is 4.79 Å². The number of hydrogen-bond donors (Lipinski definition) is 1. The molecule has 118 valence electrons. The molecule has 3 rings (SSSR count). The molecule has 9 nitrogen and oxygen atoms in total. The van der Waals surface area contributed by atoms with Gasteiger partial charge in [0.25, 0.3) is 0 Å². The van der Waals surface area contributed by atoms with Crippen LogP contribution in [0.3, 0.4) is 0 Å². The monoisotopic (exact) mass is 304 g/mol. The summed E-state index contributed by atoms with van der Waals surface area (Å²) in [4.78, 5) is 14.4. The third-order valence-corrected chi connectivity index (χ3v) is 3.97. The number of nitrogens with zero attached hydrogens (tertiary/aromatic N) is 7. The van der Waals surface area contributed by atoms with Crippen molar-refractivity contribution in [1.82, 2.24) is 30.0 Å². The molecule has 0 saturated carbocycles. The molecule has 22 heavy (non-hydrogen) atoms. The number of nitrogens with one attached hydrogen (secondary N) is 1. The molecule has 0 bridgehead atoms. The van der Waals surface area contributed by atoms with E-state index in [4.69, 9.17) is 0 Å². The molecular formula is C13H20N8O. The van der Waals surface area contributed by atoms with Gasteiger partial charge in [0, 0.05) is 38.8 Å². The maximum atomic E-state index is 12.3. The molecule has 0 aliphatic carbocycles. The number of aromatic nitrogens is 6. The molecule has 1 saturated heterocycles. The summed E-state index contributed by atoms with van der Waals surface area (Å²) in [6.45, 7) is 4.36. The molecule has 9 heteroatoms. The summed E-state index contributed by atoms with van der Waals surface area (Å²) >= 11 is 0. The van der Waals surface area contributed by atoms with Gasteiger partial charge in [-0.05, 0) is 30.2 Å². The lowest BCUT2D eigenvalue weighted by Gasteiger charge is -2.31. The number of anilines is 2. The maximum Gasteiger partial charge on any atom is 0.245 e. The van der Waals surface area contributed by atoms with Crippen molar-refractivity contribution in [3.8, 4) is 0 Å². The summed E-state index contributed by atoms with van der Waals surface area (Å²) in [5, 5.41) is 18.6. The molecule has 0 spiro atoms. The van der Waals surface area contributed by atoms with Crippen molar-refractivity contribution >= 4 is 17.5 Å². The quantitative estimate of drug-likeness (QED) is 0.872. The van der Waals surface area contributed by atoms with Gasteiger partial charge >= 0.3 is 0 Å². The van der Waals surface area contributed by atoms with Crippen molar-refractivity contribution in [2.45, 2.75) is 26.3 Å².